The summed E-state index contributed by atoms with van der Waals surface area (Å²) in [5, 5.41) is 0. The van der Waals surface area contributed by atoms with E-state index < -0.39 is 0 Å². The van der Waals surface area contributed by atoms with E-state index in [-0.39, 0.29) is 0 Å². The first-order chi connectivity index (χ1) is 29.2. The van der Waals surface area contributed by atoms with Crippen LogP contribution < -0.4 is 0 Å². The van der Waals surface area contributed by atoms with E-state index in [9.17, 15) is 5.53 Å². The van der Waals surface area contributed by atoms with E-state index in [1.54, 1.807) is 0 Å². The fourth-order valence-electron chi connectivity index (χ4n) is 8.60. The van der Waals surface area contributed by atoms with E-state index in [1.807, 2.05) is 0 Å². The quantitative estimate of drug-likeness (QED) is 0.0212. The highest BCUT2D eigenvalue weighted by Gasteiger charge is 2.17. The number of hydrogen-bond acceptors (Lipinski definition) is 0. The first kappa shape index (κ1) is 52.2. The summed E-state index contributed by atoms with van der Waals surface area (Å²) in [5.74, 6) is 3.08. The molecule has 2 aromatic carbocycles. The van der Waals surface area contributed by atoms with Crippen molar-refractivity contribution in [2.24, 2.45) is 0 Å². The Bertz CT molecular complexity index is 1430. The Labute approximate surface area is 366 Å². The molecule has 0 aliphatic rings. The molecule has 0 amide bonds. The number of nitrogens with zero attached hydrogens (tertiary/aromatic N) is 2. The number of aryl methyl sites for hydroxylation is 2. The standard InChI is InChI=1S/C57H92N2/c1-5-9-13-16-17-18-19-20-21-22-23-24-25-26-27-28-29-30-31-32-33-34-37-44-56(55(50-59-58)42-36-15-11-7-3)57(54-43-38-41-52(49-54)39-12-8-4)53-47-45-51(46-48-53)40-35-14-10-6-2/h37-38,41,43-49H,5-36,39-40,42H2,1-4H3. The van der Waals surface area contributed by atoms with Crippen molar-refractivity contribution in [1.29, 1.82) is 0 Å². The Morgan fingerprint density at radius 3 is 1.44 bits per heavy atom. The Morgan fingerprint density at radius 2 is 0.932 bits per heavy atom. The molecule has 0 heterocycles. The van der Waals surface area contributed by atoms with Gasteiger partial charge in [-0.2, -0.15) is 0 Å². The van der Waals surface area contributed by atoms with Gasteiger partial charge in [-0.05, 0) is 79.2 Å². The predicted octanol–water partition coefficient (Wildman–Crippen LogP) is 18.9. The minimum Gasteiger partial charge on any atom is -0.348 e. The van der Waals surface area contributed by atoms with Crippen molar-refractivity contribution in [2.45, 2.75) is 252 Å². The molecular weight excluding hydrogens is 713 g/mol. The third kappa shape index (κ3) is 26.1. The normalized spacial score (nSPS) is 11.9. The van der Waals surface area contributed by atoms with E-state index in [1.165, 1.54) is 220 Å². The molecule has 2 nitrogen and oxygen atoms in total. The van der Waals surface area contributed by atoms with E-state index >= 15 is 0 Å². The van der Waals surface area contributed by atoms with Gasteiger partial charge < -0.3 is 5.53 Å². The van der Waals surface area contributed by atoms with Gasteiger partial charge in [0.15, 0.2) is 0 Å². The topological polar surface area (TPSA) is 36.4 Å². The van der Waals surface area contributed by atoms with Crippen molar-refractivity contribution in [3.63, 3.8) is 0 Å². The molecule has 0 N–H and O–H groups in total. The molecule has 0 aliphatic carbocycles. The highest BCUT2D eigenvalue weighted by atomic mass is 14.8. The van der Waals surface area contributed by atoms with Crippen LogP contribution in [0.25, 0.3) is 11.1 Å². The van der Waals surface area contributed by atoms with Crippen LogP contribution in [0.2, 0.25) is 0 Å². The van der Waals surface area contributed by atoms with Crippen molar-refractivity contribution < 1.29 is 4.79 Å². The highest BCUT2D eigenvalue weighted by molar-refractivity contribution is 5.89. The van der Waals surface area contributed by atoms with Crippen LogP contribution in [0.4, 0.5) is 0 Å². The maximum absolute atomic E-state index is 9.91. The molecule has 0 unspecified atom stereocenters. The second-order valence-corrected chi connectivity index (χ2v) is 17.9. The van der Waals surface area contributed by atoms with Crippen LogP contribution in [0.1, 0.15) is 262 Å². The van der Waals surface area contributed by atoms with Crippen LogP contribution in [0, 0.1) is 0 Å². The fraction of sp³-hybridized carbons (Fsp3) is 0.684. The number of unbranched alkanes of at least 4 members (excludes halogenated alkanes) is 28. The minimum absolute atomic E-state index is 0.859. The van der Waals surface area contributed by atoms with E-state index in [0.29, 0.717) is 0 Å². The van der Waals surface area contributed by atoms with Crippen LogP contribution in [-0.4, -0.2) is 10.7 Å². The number of allylic oxidation sites excluding steroid dienone is 4. The second-order valence-electron chi connectivity index (χ2n) is 17.9. The van der Waals surface area contributed by atoms with Gasteiger partial charge in [0.1, 0.15) is 0 Å². The second kappa shape index (κ2) is 38.0. The summed E-state index contributed by atoms with van der Waals surface area (Å²) in [4.78, 5) is 3.53. The van der Waals surface area contributed by atoms with Crippen molar-refractivity contribution in [1.82, 2.24) is 0 Å². The van der Waals surface area contributed by atoms with Crippen LogP contribution in [0.3, 0.4) is 0 Å². The first-order valence-corrected chi connectivity index (χ1v) is 25.7. The Balaban J connectivity index is 1.98. The molecule has 59 heavy (non-hydrogen) atoms. The molecule has 0 aromatic heterocycles. The van der Waals surface area contributed by atoms with Crippen molar-refractivity contribution in [2.75, 3.05) is 0 Å². The van der Waals surface area contributed by atoms with Gasteiger partial charge in [0.05, 0.1) is 5.57 Å². The molecule has 0 atom stereocenters. The van der Waals surface area contributed by atoms with Crippen molar-refractivity contribution in [3.8, 4) is 0 Å². The Hall–Kier alpha value is -2.92. The van der Waals surface area contributed by atoms with Crippen molar-refractivity contribution >= 4 is 11.4 Å². The molecule has 0 saturated carbocycles. The van der Waals surface area contributed by atoms with Gasteiger partial charge in [-0.3, -0.25) is 0 Å². The highest BCUT2D eigenvalue weighted by Crippen LogP contribution is 2.34. The van der Waals surface area contributed by atoms with E-state index in [0.717, 1.165) is 43.3 Å². The monoisotopic (exact) mass is 805 g/mol. The van der Waals surface area contributed by atoms with Gasteiger partial charge in [0, 0.05) is 5.57 Å². The number of rotatable bonds is 39. The summed E-state index contributed by atoms with van der Waals surface area (Å²) in [7, 11) is 0. The molecule has 0 radical (unpaired) electrons. The Morgan fingerprint density at radius 1 is 0.475 bits per heavy atom. The molecule has 0 spiro atoms. The van der Waals surface area contributed by atoms with E-state index in [2.05, 4.69) is 99.0 Å². The Kier molecular flexibility index (Phi) is 33.7. The third-order valence-corrected chi connectivity index (χ3v) is 12.4. The lowest BCUT2D eigenvalue weighted by molar-refractivity contribution is 0.00742. The maximum Gasteiger partial charge on any atom is 0.303 e. The van der Waals surface area contributed by atoms with Gasteiger partial charge in [0.25, 0.3) is 0 Å². The zero-order valence-corrected chi connectivity index (χ0v) is 39.4. The van der Waals surface area contributed by atoms with Gasteiger partial charge in [-0.15, -0.1) is 4.79 Å². The molecule has 0 bridgehead atoms. The van der Waals surface area contributed by atoms with Crippen LogP contribution in [0.15, 0.2) is 71.8 Å². The molecule has 2 aromatic rings. The molecule has 0 aliphatic heterocycles. The van der Waals surface area contributed by atoms with Crippen LogP contribution in [0.5, 0.6) is 0 Å². The molecule has 0 saturated heterocycles. The number of hydrogen-bond donors (Lipinski definition) is 0. The average molecular weight is 805 g/mol. The third-order valence-electron chi connectivity index (χ3n) is 12.4. The van der Waals surface area contributed by atoms with Crippen LogP contribution >= 0.6 is 0 Å². The van der Waals surface area contributed by atoms with Gasteiger partial charge >= 0.3 is 5.87 Å². The zero-order chi connectivity index (χ0) is 42.3. The molecular formula is C57H92N2. The maximum atomic E-state index is 9.91. The summed E-state index contributed by atoms with van der Waals surface area (Å²) in [6, 6.07) is 18.5. The van der Waals surface area contributed by atoms with E-state index in [4.69, 9.17) is 0 Å². The summed E-state index contributed by atoms with van der Waals surface area (Å²) >= 11 is 0. The predicted molar refractivity (Wildman–Crippen MR) is 263 cm³/mol. The summed E-state index contributed by atoms with van der Waals surface area (Å²) in [5.41, 5.74) is 18.6. The van der Waals surface area contributed by atoms with Crippen LogP contribution in [-0.2, 0) is 12.8 Å². The average Bonchev–Trinajstić information content (AvgIpc) is 3.26. The minimum atomic E-state index is 0.859. The van der Waals surface area contributed by atoms with Crippen molar-refractivity contribution in [3.05, 3.63) is 99.6 Å². The molecule has 2 rings (SSSR count). The largest absolute Gasteiger partial charge is 0.348 e. The lowest BCUT2D eigenvalue weighted by atomic mass is 9.86. The first-order valence-electron chi connectivity index (χ1n) is 25.7. The lowest BCUT2D eigenvalue weighted by Crippen LogP contribution is -2.00. The molecule has 0 fully saturated rings. The number of benzene rings is 2. The van der Waals surface area contributed by atoms with Gasteiger partial charge in [-0.1, -0.05) is 262 Å². The molecule has 330 valence electrons. The fourth-order valence-corrected chi connectivity index (χ4v) is 8.60. The summed E-state index contributed by atoms with van der Waals surface area (Å²) in [6.07, 6.45) is 50.8. The van der Waals surface area contributed by atoms with Gasteiger partial charge in [-0.25, -0.2) is 0 Å². The van der Waals surface area contributed by atoms with Gasteiger partial charge in [0.2, 0.25) is 0 Å². The summed E-state index contributed by atoms with van der Waals surface area (Å²) in [6.45, 7) is 9.12. The molecule has 2 heteroatoms. The zero-order valence-electron chi connectivity index (χ0n) is 39.4. The smallest absolute Gasteiger partial charge is 0.303 e. The lowest BCUT2D eigenvalue weighted by Gasteiger charge is -2.17. The summed E-state index contributed by atoms with van der Waals surface area (Å²) < 4.78 is 0. The SMILES string of the molecule is CCCCCCCCCCCCCCCCCCCCCCCC=CC(C(=C=[N+]=[N-])CCCCCC)=C(c1ccc(CCCCCC)cc1)c1cccc(CCCC)c1.